The van der Waals surface area contributed by atoms with Gasteiger partial charge in [0.25, 0.3) is 5.91 Å². The van der Waals surface area contributed by atoms with E-state index in [1.165, 1.54) is 23.7 Å². The first-order chi connectivity index (χ1) is 15.0. The zero-order chi connectivity index (χ0) is 21.8. The van der Waals surface area contributed by atoms with Crippen molar-refractivity contribution >= 4 is 40.0 Å². The molecule has 0 saturated carbocycles. The number of nitrogens with zero attached hydrogens (tertiary/aromatic N) is 4. The number of hydrogen-bond acceptors (Lipinski definition) is 10. The van der Waals surface area contributed by atoms with Gasteiger partial charge in [0.15, 0.2) is 11.8 Å². The normalized spacial score (nSPS) is 24.9. The summed E-state index contributed by atoms with van der Waals surface area (Å²) >= 11 is 3.01. The van der Waals surface area contributed by atoms with Gasteiger partial charge in [-0.3, -0.25) is 4.79 Å². The molecule has 1 saturated heterocycles. The van der Waals surface area contributed by atoms with E-state index in [1.807, 2.05) is 0 Å². The molecule has 31 heavy (non-hydrogen) atoms. The van der Waals surface area contributed by atoms with Crippen LogP contribution in [-0.2, 0) is 10.3 Å². The average Bonchev–Trinajstić information content (AvgIpc) is 3.24. The maximum Gasteiger partial charge on any atom is 0.277 e. The van der Waals surface area contributed by atoms with Gasteiger partial charge in [-0.05, 0) is 20.3 Å². The number of nitrogens with two attached hydrogens (primary N) is 1. The van der Waals surface area contributed by atoms with Crippen molar-refractivity contribution < 1.29 is 14.3 Å². The second-order valence-electron chi connectivity index (χ2n) is 7.19. The minimum atomic E-state index is -0.602. The van der Waals surface area contributed by atoms with Gasteiger partial charge in [0.05, 0.1) is 25.1 Å². The number of thioether (sulfide) groups is 1. The molecule has 0 radical (unpaired) electrons. The number of rotatable bonds is 5. The summed E-state index contributed by atoms with van der Waals surface area (Å²) in [5, 5.41) is 5.89. The molecule has 11 heteroatoms. The van der Waals surface area contributed by atoms with Crippen LogP contribution in [-0.4, -0.2) is 51.1 Å². The summed E-state index contributed by atoms with van der Waals surface area (Å²) in [7, 11) is 0. The molecule has 0 bridgehead atoms. The molecule has 1 fully saturated rings. The Morgan fingerprint density at radius 3 is 3.10 bits per heavy atom. The molecular weight excluding hydrogens is 436 g/mol. The van der Waals surface area contributed by atoms with E-state index >= 15 is 0 Å². The second kappa shape index (κ2) is 9.21. The van der Waals surface area contributed by atoms with Crippen LogP contribution in [0.1, 0.15) is 35.8 Å². The maximum absolute atomic E-state index is 12.6. The third-order valence-corrected chi connectivity index (χ3v) is 7.03. The van der Waals surface area contributed by atoms with E-state index in [9.17, 15) is 4.79 Å². The van der Waals surface area contributed by atoms with Crippen molar-refractivity contribution in [3.8, 4) is 17.7 Å². The third-order valence-electron chi connectivity index (χ3n) is 5.07. The first-order valence-electron chi connectivity index (χ1n) is 9.71. The Kier molecular flexibility index (Phi) is 6.41. The van der Waals surface area contributed by atoms with Gasteiger partial charge in [0.1, 0.15) is 22.1 Å². The highest BCUT2D eigenvalue weighted by Gasteiger charge is 2.49. The molecule has 2 aliphatic heterocycles. The van der Waals surface area contributed by atoms with Gasteiger partial charge in [-0.15, -0.1) is 17.3 Å². The summed E-state index contributed by atoms with van der Waals surface area (Å²) in [6.07, 6.45) is 3.80. The van der Waals surface area contributed by atoms with Crippen molar-refractivity contribution in [2.45, 2.75) is 31.9 Å². The molecule has 3 atom stereocenters. The SMILES string of the molecule is CC#CCOc1cnc(C(=O)Nc2csc(C34CO[C@@H](C)C[C@H]3CSC(N)=N4)n2)cn1. The molecule has 4 rings (SSSR count). The fourth-order valence-corrected chi connectivity index (χ4v) is 5.45. The number of nitrogens with one attached hydrogen (secondary N) is 1. The van der Waals surface area contributed by atoms with Crippen molar-refractivity contribution in [2.75, 3.05) is 24.3 Å². The summed E-state index contributed by atoms with van der Waals surface area (Å²) < 4.78 is 11.2. The van der Waals surface area contributed by atoms with Gasteiger partial charge in [-0.25, -0.2) is 19.9 Å². The van der Waals surface area contributed by atoms with Gasteiger partial charge >= 0.3 is 0 Å². The molecular formula is C20H22N6O3S2. The standard InChI is InChI=1S/C20H22N6O3S2/c1-3-4-5-28-16-8-22-14(7-23-16)17(27)24-15-10-30-18(25-15)20-11-29-12(2)6-13(20)9-31-19(21)26-20/h7-8,10,12-13H,5-6,9,11H2,1-2H3,(H2,21,26)(H,24,27)/t12-,13-,20?/m0/s1. The Labute approximate surface area is 188 Å². The van der Waals surface area contributed by atoms with Crippen molar-refractivity contribution in [2.24, 2.45) is 16.6 Å². The second-order valence-corrected chi connectivity index (χ2v) is 9.09. The minimum absolute atomic E-state index is 0.158. The quantitative estimate of drug-likeness (QED) is 0.654. The van der Waals surface area contributed by atoms with Crippen LogP contribution < -0.4 is 15.8 Å². The van der Waals surface area contributed by atoms with Crippen molar-refractivity contribution in [1.82, 2.24) is 15.0 Å². The summed E-state index contributed by atoms with van der Waals surface area (Å²) in [6, 6.07) is 0. The summed E-state index contributed by atoms with van der Waals surface area (Å²) in [6.45, 7) is 4.44. The molecule has 1 amide bonds. The fraction of sp³-hybridized carbons (Fsp3) is 0.450. The number of fused-ring (bicyclic) bond motifs is 1. The van der Waals surface area contributed by atoms with E-state index in [0.29, 0.717) is 23.5 Å². The van der Waals surface area contributed by atoms with E-state index in [-0.39, 0.29) is 24.3 Å². The zero-order valence-electron chi connectivity index (χ0n) is 17.1. The lowest BCUT2D eigenvalue weighted by Crippen LogP contribution is -2.49. The van der Waals surface area contributed by atoms with E-state index in [2.05, 4.69) is 39.0 Å². The van der Waals surface area contributed by atoms with Crippen LogP contribution in [0.4, 0.5) is 5.82 Å². The molecule has 4 heterocycles. The smallest absolute Gasteiger partial charge is 0.277 e. The van der Waals surface area contributed by atoms with E-state index in [1.54, 1.807) is 24.1 Å². The third kappa shape index (κ3) is 4.66. The van der Waals surface area contributed by atoms with Crippen LogP contribution in [0.15, 0.2) is 22.8 Å². The largest absolute Gasteiger partial charge is 0.463 e. The Morgan fingerprint density at radius 2 is 2.32 bits per heavy atom. The van der Waals surface area contributed by atoms with Crippen LogP contribution >= 0.6 is 23.1 Å². The first-order valence-corrected chi connectivity index (χ1v) is 11.6. The fourth-order valence-electron chi connectivity index (χ4n) is 3.48. The van der Waals surface area contributed by atoms with Crippen molar-refractivity contribution in [3.05, 3.63) is 28.5 Å². The van der Waals surface area contributed by atoms with Crippen LogP contribution in [0.2, 0.25) is 0 Å². The molecule has 2 aromatic rings. The number of amidine groups is 1. The topological polar surface area (TPSA) is 125 Å². The summed E-state index contributed by atoms with van der Waals surface area (Å²) in [5.74, 6) is 6.97. The Bertz CT molecular complexity index is 1050. The summed E-state index contributed by atoms with van der Waals surface area (Å²) in [5.41, 5.74) is 5.60. The number of aromatic nitrogens is 3. The van der Waals surface area contributed by atoms with Crippen molar-refractivity contribution in [1.29, 1.82) is 0 Å². The Hall–Kier alpha value is -2.68. The number of thiazole rings is 1. The lowest BCUT2D eigenvalue weighted by Gasteiger charge is -2.44. The number of amides is 1. The Balaban J connectivity index is 1.48. The number of carbonyl (C=O) groups excluding carboxylic acids is 1. The molecule has 0 aromatic carbocycles. The predicted molar refractivity (Wildman–Crippen MR) is 120 cm³/mol. The van der Waals surface area contributed by atoms with Crippen LogP contribution in [0, 0.1) is 17.8 Å². The molecule has 0 aliphatic carbocycles. The summed E-state index contributed by atoms with van der Waals surface area (Å²) in [4.78, 5) is 30.1. The molecule has 2 aliphatic rings. The molecule has 9 nitrogen and oxygen atoms in total. The molecule has 1 unspecified atom stereocenters. The Morgan fingerprint density at radius 1 is 1.45 bits per heavy atom. The van der Waals surface area contributed by atoms with Crippen LogP contribution in [0.3, 0.4) is 0 Å². The molecule has 162 valence electrons. The maximum atomic E-state index is 12.6. The number of carbonyl (C=O) groups is 1. The highest BCUT2D eigenvalue weighted by atomic mass is 32.2. The molecule has 3 N–H and O–H groups in total. The predicted octanol–water partition coefficient (Wildman–Crippen LogP) is 2.27. The lowest BCUT2D eigenvalue weighted by molar-refractivity contribution is -0.0466. The average molecular weight is 459 g/mol. The van der Waals surface area contributed by atoms with Crippen molar-refractivity contribution in [3.63, 3.8) is 0 Å². The molecule has 2 aromatic heterocycles. The zero-order valence-corrected chi connectivity index (χ0v) is 18.8. The monoisotopic (exact) mass is 458 g/mol. The highest BCUT2D eigenvalue weighted by Crippen LogP contribution is 2.47. The highest BCUT2D eigenvalue weighted by molar-refractivity contribution is 8.13. The molecule has 0 spiro atoms. The van der Waals surface area contributed by atoms with Gasteiger partial charge in [0.2, 0.25) is 5.88 Å². The van der Waals surface area contributed by atoms with Gasteiger partial charge in [-0.1, -0.05) is 17.7 Å². The van der Waals surface area contributed by atoms with E-state index < -0.39 is 11.4 Å². The van der Waals surface area contributed by atoms with Crippen LogP contribution in [0.5, 0.6) is 5.88 Å². The van der Waals surface area contributed by atoms with E-state index in [4.69, 9.17) is 20.2 Å². The number of ether oxygens (including phenoxy) is 2. The van der Waals surface area contributed by atoms with Gasteiger partial charge < -0.3 is 20.5 Å². The van der Waals surface area contributed by atoms with Gasteiger partial charge in [-0.2, -0.15) is 0 Å². The van der Waals surface area contributed by atoms with Gasteiger partial charge in [0, 0.05) is 17.1 Å². The first kappa shape index (κ1) is 21.5. The number of aliphatic imine (C=N–C) groups is 1. The number of anilines is 1. The van der Waals surface area contributed by atoms with E-state index in [0.717, 1.165) is 17.2 Å². The lowest BCUT2D eigenvalue weighted by atomic mass is 9.80. The number of hydrogen-bond donors (Lipinski definition) is 2. The van der Waals surface area contributed by atoms with Crippen LogP contribution in [0.25, 0.3) is 0 Å². The minimum Gasteiger partial charge on any atom is -0.463 e.